The molecule has 1 atom stereocenters. The van der Waals surface area contributed by atoms with Crippen molar-refractivity contribution in [3.8, 4) is 5.75 Å². The van der Waals surface area contributed by atoms with Crippen LogP contribution in [0.25, 0.3) is 0 Å². The van der Waals surface area contributed by atoms with Crippen LogP contribution in [-0.2, 0) is 14.6 Å². The van der Waals surface area contributed by atoms with Crippen molar-refractivity contribution in [3.63, 3.8) is 0 Å². The molecule has 10 heteroatoms. The average Bonchev–Trinajstić information content (AvgIpc) is 3.20. The van der Waals surface area contributed by atoms with E-state index in [1.807, 2.05) is 0 Å². The minimum absolute atomic E-state index is 0.0621. The molecule has 0 unspecified atom stereocenters. The summed E-state index contributed by atoms with van der Waals surface area (Å²) in [5.41, 5.74) is -0.462. The highest BCUT2D eigenvalue weighted by Gasteiger charge is 2.26. The van der Waals surface area contributed by atoms with E-state index in [1.165, 1.54) is 25.3 Å². The molecule has 0 aliphatic carbocycles. The van der Waals surface area contributed by atoms with E-state index < -0.39 is 32.4 Å². The molecular formula is C19H18ClF2NO5S. The molecule has 1 aliphatic heterocycles. The van der Waals surface area contributed by atoms with Crippen LogP contribution in [0.5, 0.6) is 5.75 Å². The fourth-order valence-electron chi connectivity index (χ4n) is 2.99. The Kier molecular flexibility index (Phi) is 6.40. The summed E-state index contributed by atoms with van der Waals surface area (Å²) >= 11 is 5.52. The molecule has 0 spiro atoms. The van der Waals surface area contributed by atoms with Gasteiger partial charge in [0.2, 0.25) is 0 Å². The smallest absolute Gasteiger partial charge is 0.259 e. The first kappa shape index (κ1) is 21.5. The molecule has 3 rings (SSSR count). The molecule has 0 saturated carbocycles. The van der Waals surface area contributed by atoms with E-state index in [1.54, 1.807) is 0 Å². The van der Waals surface area contributed by atoms with Crippen LogP contribution in [0.15, 0.2) is 35.2 Å². The van der Waals surface area contributed by atoms with Crippen molar-refractivity contribution in [1.29, 1.82) is 0 Å². The summed E-state index contributed by atoms with van der Waals surface area (Å²) < 4.78 is 63.2. The standard InChI is InChI=1S/C19H18ClF2NO5S/c1-27-16-5-2-12(29(25,26)10-11-6-7-28-9-11)8-13(16)19(24)23-15-4-3-14(21)17(20)18(15)22/h2-5,8,11H,6-7,9-10H2,1H3,(H,23,24)/t11-/m0/s1. The van der Waals surface area contributed by atoms with Gasteiger partial charge in [0.05, 0.1) is 35.6 Å². The number of carbonyl (C=O) groups excluding carboxylic acids is 1. The predicted molar refractivity (Wildman–Crippen MR) is 103 cm³/mol. The third-order valence-electron chi connectivity index (χ3n) is 4.54. The summed E-state index contributed by atoms with van der Waals surface area (Å²) in [7, 11) is -2.37. The molecule has 0 aromatic heterocycles. The first-order chi connectivity index (χ1) is 13.7. The predicted octanol–water partition coefficient (Wildman–Crippen LogP) is 3.69. The lowest BCUT2D eigenvalue weighted by molar-refractivity contribution is 0.102. The normalized spacial score (nSPS) is 16.6. The molecule has 29 heavy (non-hydrogen) atoms. The number of ether oxygens (including phenoxy) is 2. The second-order valence-corrected chi connectivity index (χ2v) is 8.96. The Labute approximate surface area is 171 Å². The van der Waals surface area contributed by atoms with Crippen LogP contribution < -0.4 is 10.1 Å². The summed E-state index contributed by atoms with van der Waals surface area (Å²) in [4.78, 5) is 12.6. The van der Waals surface area contributed by atoms with Gasteiger partial charge in [0, 0.05) is 6.61 Å². The van der Waals surface area contributed by atoms with Crippen LogP contribution in [0.3, 0.4) is 0 Å². The Balaban J connectivity index is 1.90. The lowest BCUT2D eigenvalue weighted by atomic mass is 10.1. The Morgan fingerprint density at radius 1 is 1.31 bits per heavy atom. The molecule has 156 valence electrons. The van der Waals surface area contributed by atoms with Gasteiger partial charge in [-0.05, 0) is 42.7 Å². The number of carbonyl (C=O) groups is 1. The largest absolute Gasteiger partial charge is 0.496 e. The first-order valence-corrected chi connectivity index (χ1v) is 10.7. The van der Waals surface area contributed by atoms with Gasteiger partial charge in [0.25, 0.3) is 5.91 Å². The Morgan fingerprint density at radius 2 is 2.07 bits per heavy atom. The number of rotatable bonds is 6. The van der Waals surface area contributed by atoms with Crippen LogP contribution in [0.4, 0.5) is 14.5 Å². The van der Waals surface area contributed by atoms with Gasteiger partial charge in [-0.15, -0.1) is 0 Å². The number of anilines is 1. The van der Waals surface area contributed by atoms with Gasteiger partial charge >= 0.3 is 0 Å². The van der Waals surface area contributed by atoms with E-state index >= 15 is 0 Å². The van der Waals surface area contributed by atoms with Gasteiger partial charge in [-0.25, -0.2) is 17.2 Å². The van der Waals surface area contributed by atoms with Crippen LogP contribution in [0.2, 0.25) is 5.02 Å². The quantitative estimate of drug-likeness (QED) is 0.686. The van der Waals surface area contributed by atoms with E-state index in [9.17, 15) is 22.0 Å². The summed E-state index contributed by atoms with van der Waals surface area (Å²) in [5.74, 6) is -3.06. The zero-order valence-electron chi connectivity index (χ0n) is 15.4. The molecule has 1 fully saturated rings. The molecule has 1 amide bonds. The lowest BCUT2D eigenvalue weighted by Gasteiger charge is -2.14. The molecule has 2 aromatic rings. The fourth-order valence-corrected chi connectivity index (χ4v) is 4.80. The second-order valence-electron chi connectivity index (χ2n) is 6.55. The van der Waals surface area contributed by atoms with Crippen molar-refractivity contribution in [2.24, 2.45) is 5.92 Å². The van der Waals surface area contributed by atoms with Crippen LogP contribution in [-0.4, -0.2) is 40.4 Å². The average molecular weight is 446 g/mol. The monoisotopic (exact) mass is 445 g/mol. The molecule has 6 nitrogen and oxygen atoms in total. The molecule has 0 bridgehead atoms. The maximum Gasteiger partial charge on any atom is 0.259 e. The third-order valence-corrected chi connectivity index (χ3v) is 6.77. The summed E-state index contributed by atoms with van der Waals surface area (Å²) in [6.07, 6.45) is 0.646. The first-order valence-electron chi connectivity index (χ1n) is 8.66. The number of sulfone groups is 1. The van der Waals surface area contributed by atoms with E-state index in [0.717, 1.165) is 12.1 Å². The number of hydrogen-bond donors (Lipinski definition) is 1. The van der Waals surface area contributed by atoms with E-state index in [0.29, 0.717) is 19.6 Å². The molecule has 1 aliphatic rings. The summed E-state index contributed by atoms with van der Waals surface area (Å²) in [6, 6.07) is 5.78. The van der Waals surface area contributed by atoms with Gasteiger partial charge in [0.15, 0.2) is 15.7 Å². The minimum atomic E-state index is -3.68. The van der Waals surface area contributed by atoms with Gasteiger partial charge in [-0.1, -0.05) is 11.6 Å². The number of methoxy groups -OCH3 is 1. The zero-order chi connectivity index (χ0) is 21.2. The van der Waals surface area contributed by atoms with E-state index in [2.05, 4.69) is 5.32 Å². The van der Waals surface area contributed by atoms with E-state index in [-0.39, 0.29) is 33.6 Å². The Bertz CT molecular complexity index is 1040. The van der Waals surface area contributed by atoms with E-state index in [4.69, 9.17) is 21.1 Å². The van der Waals surface area contributed by atoms with Crippen molar-refractivity contribution in [3.05, 3.63) is 52.6 Å². The van der Waals surface area contributed by atoms with Gasteiger partial charge in [0.1, 0.15) is 16.6 Å². The van der Waals surface area contributed by atoms with Crippen molar-refractivity contribution >= 4 is 33.0 Å². The van der Waals surface area contributed by atoms with Crippen LogP contribution >= 0.6 is 11.6 Å². The topological polar surface area (TPSA) is 81.7 Å². The molecule has 1 N–H and O–H groups in total. The number of hydrogen-bond acceptors (Lipinski definition) is 5. The fraction of sp³-hybridized carbons (Fsp3) is 0.316. The molecular weight excluding hydrogens is 428 g/mol. The zero-order valence-corrected chi connectivity index (χ0v) is 16.9. The van der Waals surface area contributed by atoms with Crippen molar-refractivity contribution < 1.29 is 31.5 Å². The molecule has 2 aromatic carbocycles. The summed E-state index contributed by atoms with van der Waals surface area (Å²) in [5, 5.41) is 1.50. The lowest BCUT2D eigenvalue weighted by Crippen LogP contribution is -2.18. The highest BCUT2D eigenvalue weighted by Crippen LogP contribution is 2.29. The molecule has 1 heterocycles. The van der Waals surface area contributed by atoms with Gasteiger partial charge in [-0.3, -0.25) is 4.79 Å². The summed E-state index contributed by atoms with van der Waals surface area (Å²) in [6.45, 7) is 0.885. The van der Waals surface area contributed by atoms with Crippen molar-refractivity contribution in [2.75, 3.05) is 31.4 Å². The minimum Gasteiger partial charge on any atom is -0.496 e. The van der Waals surface area contributed by atoms with Crippen LogP contribution in [0.1, 0.15) is 16.8 Å². The highest BCUT2D eigenvalue weighted by atomic mass is 35.5. The number of nitrogens with one attached hydrogen (secondary N) is 1. The number of amides is 1. The number of halogens is 3. The Hall–Kier alpha value is -2.23. The van der Waals surface area contributed by atoms with Crippen molar-refractivity contribution in [1.82, 2.24) is 0 Å². The van der Waals surface area contributed by atoms with Crippen LogP contribution in [0, 0.1) is 17.6 Å². The SMILES string of the molecule is COc1ccc(S(=O)(=O)C[C@H]2CCOC2)cc1C(=O)Nc1ccc(F)c(Cl)c1F. The third kappa shape index (κ3) is 4.68. The highest BCUT2D eigenvalue weighted by molar-refractivity contribution is 7.91. The second kappa shape index (κ2) is 8.64. The molecule has 1 saturated heterocycles. The van der Waals surface area contributed by atoms with Crippen molar-refractivity contribution in [2.45, 2.75) is 11.3 Å². The number of benzene rings is 2. The van der Waals surface area contributed by atoms with Gasteiger partial charge in [-0.2, -0.15) is 0 Å². The maximum atomic E-state index is 14.1. The Morgan fingerprint density at radius 3 is 2.72 bits per heavy atom. The molecule has 0 radical (unpaired) electrons. The maximum absolute atomic E-state index is 14.1. The van der Waals surface area contributed by atoms with Gasteiger partial charge < -0.3 is 14.8 Å².